The molecule has 0 bridgehead atoms. The lowest BCUT2D eigenvalue weighted by atomic mass is 9.96. The predicted molar refractivity (Wildman–Crippen MR) is 83.6 cm³/mol. The van der Waals surface area contributed by atoms with Gasteiger partial charge in [-0.05, 0) is 44.2 Å². The van der Waals surface area contributed by atoms with E-state index < -0.39 is 0 Å². The summed E-state index contributed by atoms with van der Waals surface area (Å²) in [6.45, 7) is 6.36. The molecular formula is C17H26N2O2. The molecule has 2 heterocycles. The number of aromatic nitrogens is 1. The summed E-state index contributed by atoms with van der Waals surface area (Å²) >= 11 is 0. The molecule has 0 aliphatic carbocycles. The topological polar surface area (TPSA) is 42.4 Å². The van der Waals surface area contributed by atoms with Gasteiger partial charge in [-0.2, -0.15) is 0 Å². The summed E-state index contributed by atoms with van der Waals surface area (Å²) in [6.07, 6.45) is 7.63. The number of pyridine rings is 1. The number of carbonyl (C=O) groups excluding carboxylic acids is 1. The predicted octanol–water partition coefficient (Wildman–Crippen LogP) is 3.52. The van der Waals surface area contributed by atoms with Crippen molar-refractivity contribution >= 4 is 5.91 Å². The van der Waals surface area contributed by atoms with E-state index >= 15 is 0 Å². The highest BCUT2D eigenvalue weighted by Crippen LogP contribution is 2.24. The second-order valence-corrected chi connectivity index (χ2v) is 5.67. The van der Waals surface area contributed by atoms with Gasteiger partial charge in [-0.3, -0.25) is 4.79 Å². The van der Waals surface area contributed by atoms with Crippen molar-refractivity contribution in [3.05, 3.63) is 23.9 Å². The highest BCUT2D eigenvalue weighted by molar-refractivity contribution is 5.96. The van der Waals surface area contributed by atoms with Crippen molar-refractivity contribution in [2.24, 2.45) is 5.92 Å². The number of carbonyl (C=O) groups is 1. The first-order valence-electron chi connectivity index (χ1n) is 8.13. The standard InChI is InChI=1S/C17H26N2O2/c1-3-7-14-8-6-12-19(13-10-14)17(20)15-9-5-11-18-16(15)21-4-2/h5,9,11,14H,3-4,6-8,10,12-13H2,1-2H3. The molecule has 1 aliphatic rings. The molecule has 1 atom stereocenters. The van der Waals surface area contributed by atoms with E-state index in [2.05, 4.69) is 11.9 Å². The van der Waals surface area contributed by atoms with Gasteiger partial charge in [0.05, 0.1) is 6.61 Å². The molecule has 1 aromatic rings. The van der Waals surface area contributed by atoms with Gasteiger partial charge in [0.25, 0.3) is 5.91 Å². The number of ether oxygens (including phenoxy) is 1. The van der Waals surface area contributed by atoms with Gasteiger partial charge >= 0.3 is 0 Å². The molecule has 0 spiro atoms. The summed E-state index contributed by atoms with van der Waals surface area (Å²) in [5, 5.41) is 0. The largest absolute Gasteiger partial charge is 0.477 e. The van der Waals surface area contributed by atoms with Crippen molar-refractivity contribution in [2.45, 2.75) is 46.0 Å². The molecule has 4 heteroatoms. The zero-order valence-corrected chi connectivity index (χ0v) is 13.2. The van der Waals surface area contributed by atoms with E-state index in [1.807, 2.05) is 17.9 Å². The van der Waals surface area contributed by atoms with Crippen molar-refractivity contribution < 1.29 is 9.53 Å². The molecule has 0 saturated carbocycles. The SMILES string of the molecule is CCCC1CCCN(C(=O)c2cccnc2OCC)CC1. The molecule has 0 radical (unpaired) electrons. The van der Waals surface area contributed by atoms with Crippen molar-refractivity contribution in [1.82, 2.24) is 9.88 Å². The van der Waals surface area contributed by atoms with E-state index in [1.165, 1.54) is 19.3 Å². The van der Waals surface area contributed by atoms with Gasteiger partial charge in [-0.1, -0.05) is 19.8 Å². The molecule has 1 aliphatic heterocycles. The zero-order chi connectivity index (χ0) is 15.1. The minimum atomic E-state index is 0.0590. The summed E-state index contributed by atoms with van der Waals surface area (Å²) in [5.74, 6) is 1.29. The van der Waals surface area contributed by atoms with Crippen LogP contribution in [0.15, 0.2) is 18.3 Å². The molecule has 0 aromatic carbocycles. The average molecular weight is 290 g/mol. The third-order valence-corrected chi connectivity index (χ3v) is 4.11. The maximum absolute atomic E-state index is 12.7. The van der Waals surface area contributed by atoms with Crippen LogP contribution in [-0.4, -0.2) is 35.5 Å². The van der Waals surface area contributed by atoms with Crippen LogP contribution in [0, 0.1) is 5.92 Å². The first-order valence-corrected chi connectivity index (χ1v) is 8.13. The highest BCUT2D eigenvalue weighted by atomic mass is 16.5. The summed E-state index contributed by atoms with van der Waals surface area (Å²) < 4.78 is 5.48. The van der Waals surface area contributed by atoms with Gasteiger partial charge in [-0.15, -0.1) is 0 Å². The van der Waals surface area contributed by atoms with Crippen molar-refractivity contribution in [2.75, 3.05) is 19.7 Å². The van der Waals surface area contributed by atoms with Crippen LogP contribution in [0.3, 0.4) is 0 Å². The monoisotopic (exact) mass is 290 g/mol. The van der Waals surface area contributed by atoms with Gasteiger partial charge in [-0.25, -0.2) is 4.98 Å². The molecule has 2 rings (SSSR count). The van der Waals surface area contributed by atoms with Crippen molar-refractivity contribution in [3.8, 4) is 5.88 Å². The number of rotatable bonds is 5. The van der Waals surface area contributed by atoms with Crippen LogP contribution in [0.4, 0.5) is 0 Å². The Balaban J connectivity index is 2.06. The number of nitrogens with zero attached hydrogens (tertiary/aromatic N) is 2. The Morgan fingerprint density at radius 2 is 2.24 bits per heavy atom. The molecule has 21 heavy (non-hydrogen) atoms. The summed E-state index contributed by atoms with van der Waals surface area (Å²) in [5.41, 5.74) is 0.591. The molecular weight excluding hydrogens is 264 g/mol. The van der Waals surface area contributed by atoms with Crippen LogP contribution < -0.4 is 4.74 Å². The summed E-state index contributed by atoms with van der Waals surface area (Å²) in [6, 6.07) is 3.61. The van der Waals surface area contributed by atoms with E-state index in [0.29, 0.717) is 18.1 Å². The third kappa shape index (κ3) is 4.19. The first kappa shape index (κ1) is 15.8. The Morgan fingerprint density at radius 3 is 3.00 bits per heavy atom. The number of hydrogen-bond acceptors (Lipinski definition) is 3. The van der Waals surface area contributed by atoms with E-state index in [9.17, 15) is 4.79 Å². The van der Waals surface area contributed by atoms with E-state index in [-0.39, 0.29) is 5.91 Å². The van der Waals surface area contributed by atoms with E-state index in [1.54, 1.807) is 12.3 Å². The Labute approximate surface area is 127 Å². The number of amides is 1. The van der Waals surface area contributed by atoms with Crippen molar-refractivity contribution in [3.63, 3.8) is 0 Å². The molecule has 1 aromatic heterocycles. The fourth-order valence-electron chi connectivity index (χ4n) is 3.04. The Kier molecular flexibility index (Phi) is 6.03. The Hall–Kier alpha value is -1.58. The average Bonchev–Trinajstić information content (AvgIpc) is 2.74. The smallest absolute Gasteiger partial charge is 0.259 e. The normalized spacial score (nSPS) is 19.1. The maximum Gasteiger partial charge on any atom is 0.259 e. The molecule has 1 saturated heterocycles. The van der Waals surface area contributed by atoms with Crippen LogP contribution in [0.5, 0.6) is 5.88 Å². The second-order valence-electron chi connectivity index (χ2n) is 5.67. The molecule has 1 fully saturated rings. The number of hydrogen-bond donors (Lipinski definition) is 0. The van der Waals surface area contributed by atoms with Crippen LogP contribution in [-0.2, 0) is 0 Å². The maximum atomic E-state index is 12.7. The van der Waals surface area contributed by atoms with Gasteiger partial charge in [0.1, 0.15) is 5.56 Å². The van der Waals surface area contributed by atoms with E-state index in [0.717, 1.165) is 31.8 Å². The van der Waals surface area contributed by atoms with Crippen LogP contribution >= 0.6 is 0 Å². The third-order valence-electron chi connectivity index (χ3n) is 4.11. The second kappa shape index (κ2) is 8.01. The minimum absolute atomic E-state index is 0.0590. The number of likely N-dealkylation sites (tertiary alicyclic amines) is 1. The molecule has 116 valence electrons. The first-order chi connectivity index (χ1) is 10.3. The van der Waals surface area contributed by atoms with Gasteiger partial charge in [0.2, 0.25) is 5.88 Å². The molecule has 1 amide bonds. The van der Waals surface area contributed by atoms with E-state index in [4.69, 9.17) is 4.74 Å². The zero-order valence-electron chi connectivity index (χ0n) is 13.2. The highest BCUT2D eigenvalue weighted by Gasteiger charge is 2.23. The van der Waals surface area contributed by atoms with Gasteiger partial charge in [0, 0.05) is 19.3 Å². The lowest BCUT2D eigenvalue weighted by Crippen LogP contribution is -2.32. The summed E-state index contributed by atoms with van der Waals surface area (Å²) in [7, 11) is 0. The van der Waals surface area contributed by atoms with Gasteiger partial charge < -0.3 is 9.64 Å². The molecule has 4 nitrogen and oxygen atoms in total. The Morgan fingerprint density at radius 1 is 1.38 bits per heavy atom. The van der Waals surface area contributed by atoms with Crippen LogP contribution in [0.1, 0.15) is 56.3 Å². The van der Waals surface area contributed by atoms with Crippen LogP contribution in [0.2, 0.25) is 0 Å². The Bertz CT molecular complexity index is 462. The van der Waals surface area contributed by atoms with Crippen molar-refractivity contribution in [1.29, 1.82) is 0 Å². The fourth-order valence-corrected chi connectivity index (χ4v) is 3.04. The minimum Gasteiger partial charge on any atom is -0.477 e. The molecule has 1 unspecified atom stereocenters. The quantitative estimate of drug-likeness (QED) is 0.833. The lowest BCUT2D eigenvalue weighted by molar-refractivity contribution is 0.0754. The molecule has 0 N–H and O–H groups in total. The fraction of sp³-hybridized carbons (Fsp3) is 0.647. The van der Waals surface area contributed by atoms with Crippen LogP contribution in [0.25, 0.3) is 0 Å². The lowest BCUT2D eigenvalue weighted by Gasteiger charge is -2.21. The van der Waals surface area contributed by atoms with Gasteiger partial charge in [0.15, 0.2) is 0 Å². The summed E-state index contributed by atoms with van der Waals surface area (Å²) in [4.78, 5) is 18.9.